The van der Waals surface area contributed by atoms with Gasteiger partial charge >= 0.3 is 12.0 Å². The van der Waals surface area contributed by atoms with E-state index in [1.807, 2.05) is 37.4 Å². The number of carbonyl (C=O) groups excluding carboxylic acids is 1. The third kappa shape index (κ3) is 5.15. The van der Waals surface area contributed by atoms with Crippen LogP contribution in [0.2, 0.25) is 0 Å². The first-order chi connectivity index (χ1) is 11.5. The maximum absolute atomic E-state index is 12.0. The minimum Gasteiger partial charge on any atom is -0.481 e. The highest BCUT2D eigenvalue weighted by Crippen LogP contribution is 2.24. The zero-order valence-corrected chi connectivity index (χ0v) is 14.4. The first-order valence-corrected chi connectivity index (χ1v) is 8.52. The molecule has 24 heavy (non-hydrogen) atoms. The lowest BCUT2D eigenvalue weighted by molar-refractivity contribution is -0.142. The molecule has 132 valence electrons. The van der Waals surface area contributed by atoms with Crippen molar-refractivity contribution in [3.05, 3.63) is 30.3 Å². The summed E-state index contributed by atoms with van der Waals surface area (Å²) in [5, 5.41) is 14.9. The highest BCUT2D eigenvalue weighted by Gasteiger charge is 2.26. The molecule has 1 aliphatic carbocycles. The molecule has 1 unspecified atom stereocenters. The van der Waals surface area contributed by atoms with Crippen LogP contribution in [-0.2, 0) is 4.79 Å². The summed E-state index contributed by atoms with van der Waals surface area (Å²) in [6, 6.07) is 10.1. The number of rotatable bonds is 6. The molecule has 0 spiro atoms. The first kappa shape index (κ1) is 18.1. The maximum atomic E-state index is 12.0. The summed E-state index contributed by atoms with van der Waals surface area (Å²) in [6.45, 7) is 2.60. The van der Waals surface area contributed by atoms with Gasteiger partial charge in [-0.25, -0.2) is 4.79 Å². The fourth-order valence-corrected chi connectivity index (χ4v) is 3.02. The Labute approximate surface area is 143 Å². The SMILES string of the molecule is CC(CNC(=O)NC1CCC(C(=O)O)CC1)N(C)c1ccccc1. The van der Waals surface area contributed by atoms with E-state index >= 15 is 0 Å². The van der Waals surface area contributed by atoms with Crippen LogP contribution in [0.1, 0.15) is 32.6 Å². The van der Waals surface area contributed by atoms with E-state index in [2.05, 4.69) is 22.5 Å². The summed E-state index contributed by atoms with van der Waals surface area (Å²) in [6.07, 6.45) is 2.72. The van der Waals surface area contributed by atoms with Crippen molar-refractivity contribution in [3.63, 3.8) is 0 Å². The molecule has 1 fully saturated rings. The molecule has 2 rings (SSSR count). The minimum absolute atomic E-state index is 0.0720. The second kappa shape index (κ2) is 8.57. The third-order valence-electron chi connectivity index (χ3n) is 4.79. The molecule has 3 N–H and O–H groups in total. The summed E-state index contributed by atoms with van der Waals surface area (Å²) in [7, 11) is 2.01. The molecule has 0 saturated heterocycles. The number of carbonyl (C=O) groups is 2. The molecule has 2 amide bonds. The summed E-state index contributed by atoms with van der Waals surface area (Å²) in [4.78, 5) is 25.1. The number of likely N-dealkylation sites (N-methyl/N-ethyl adjacent to an activating group) is 1. The standard InChI is InChI=1S/C18H27N3O3/c1-13(21(2)16-6-4-3-5-7-16)12-19-18(24)20-15-10-8-14(9-11-15)17(22)23/h3-7,13-15H,8-12H2,1-2H3,(H,22,23)(H2,19,20,24). The van der Waals surface area contributed by atoms with Crippen LogP contribution in [0.5, 0.6) is 0 Å². The predicted molar refractivity (Wildman–Crippen MR) is 94.2 cm³/mol. The van der Waals surface area contributed by atoms with Crippen LogP contribution in [0.25, 0.3) is 0 Å². The molecule has 0 aromatic heterocycles. The van der Waals surface area contributed by atoms with Gasteiger partial charge in [0.1, 0.15) is 0 Å². The van der Waals surface area contributed by atoms with Crippen molar-refractivity contribution >= 4 is 17.7 Å². The van der Waals surface area contributed by atoms with Crippen LogP contribution in [0, 0.1) is 5.92 Å². The molecule has 0 bridgehead atoms. The Morgan fingerprint density at radius 3 is 2.42 bits per heavy atom. The van der Waals surface area contributed by atoms with Crippen LogP contribution in [0.3, 0.4) is 0 Å². The van der Waals surface area contributed by atoms with Crippen LogP contribution in [0.4, 0.5) is 10.5 Å². The minimum atomic E-state index is -0.726. The second-order valence-electron chi connectivity index (χ2n) is 6.54. The van der Waals surface area contributed by atoms with Gasteiger partial charge in [-0.2, -0.15) is 0 Å². The molecule has 1 aromatic rings. The van der Waals surface area contributed by atoms with Gasteiger partial charge in [0.15, 0.2) is 0 Å². The van der Waals surface area contributed by atoms with Gasteiger partial charge in [-0.1, -0.05) is 18.2 Å². The second-order valence-corrected chi connectivity index (χ2v) is 6.54. The van der Waals surface area contributed by atoms with Crippen molar-refractivity contribution in [2.75, 3.05) is 18.5 Å². The van der Waals surface area contributed by atoms with Gasteiger partial charge in [-0.05, 0) is 44.7 Å². The third-order valence-corrected chi connectivity index (χ3v) is 4.79. The molecule has 6 heteroatoms. The van der Waals surface area contributed by atoms with Crippen molar-refractivity contribution in [1.29, 1.82) is 0 Å². The summed E-state index contributed by atoms with van der Waals surface area (Å²) < 4.78 is 0. The number of carboxylic acids is 1. The monoisotopic (exact) mass is 333 g/mol. The zero-order chi connectivity index (χ0) is 17.5. The fraction of sp³-hybridized carbons (Fsp3) is 0.556. The topological polar surface area (TPSA) is 81.7 Å². The van der Waals surface area contributed by atoms with Crippen LogP contribution in [0.15, 0.2) is 30.3 Å². The average Bonchev–Trinajstić information content (AvgIpc) is 2.60. The van der Waals surface area contributed by atoms with Crippen molar-refractivity contribution < 1.29 is 14.7 Å². The van der Waals surface area contributed by atoms with Crippen molar-refractivity contribution in [3.8, 4) is 0 Å². The summed E-state index contributed by atoms with van der Waals surface area (Å²) >= 11 is 0. The Kier molecular flexibility index (Phi) is 6.46. The molecule has 0 radical (unpaired) electrons. The van der Waals surface area contributed by atoms with E-state index in [9.17, 15) is 9.59 Å². The summed E-state index contributed by atoms with van der Waals surface area (Å²) in [5.74, 6) is -0.985. The van der Waals surface area contributed by atoms with E-state index in [0.29, 0.717) is 19.4 Å². The molecular formula is C18H27N3O3. The number of nitrogens with one attached hydrogen (secondary N) is 2. The normalized spacial score (nSPS) is 21.6. The number of aliphatic carboxylic acids is 1. The Balaban J connectivity index is 1.70. The van der Waals surface area contributed by atoms with E-state index in [-0.39, 0.29) is 24.0 Å². The van der Waals surface area contributed by atoms with Gasteiger partial charge < -0.3 is 20.6 Å². The number of benzene rings is 1. The predicted octanol–water partition coefficient (Wildman–Crippen LogP) is 2.45. The van der Waals surface area contributed by atoms with E-state index in [1.165, 1.54) is 0 Å². The Morgan fingerprint density at radius 1 is 1.21 bits per heavy atom. The number of amides is 2. The lowest BCUT2D eigenvalue weighted by Crippen LogP contribution is -2.48. The number of nitrogens with zero attached hydrogens (tertiary/aromatic N) is 1. The van der Waals surface area contributed by atoms with Gasteiger partial charge in [0.25, 0.3) is 0 Å². The smallest absolute Gasteiger partial charge is 0.315 e. The maximum Gasteiger partial charge on any atom is 0.315 e. The van der Waals surface area contributed by atoms with Gasteiger partial charge in [0.2, 0.25) is 0 Å². The van der Waals surface area contributed by atoms with E-state index in [1.54, 1.807) is 0 Å². The molecule has 6 nitrogen and oxygen atoms in total. The molecule has 1 atom stereocenters. The number of urea groups is 1. The molecular weight excluding hydrogens is 306 g/mol. The van der Waals surface area contributed by atoms with Gasteiger partial charge in [0.05, 0.1) is 5.92 Å². The van der Waals surface area contributed by atoms with E-state index in [0.717, 1.165) is 18.5 Å². The Bertz CT molecular complexity index is 542. The quantitative estimate of drug-likeness (QED) is 0.747. The van der Waals surface area contributed by atoms with Crippen LogP contribution >= 0.6 is 0 Å². The van der Waals surface area contributed by atoms with Crippen molar-refractivity contribution in [2.24, 2.45) is 5.92 Å². The van der Waals surface area contributed by atoms with Gasteiger partial charge in [0, 0.05) is 31.4 Å². The molecule has 0 heterocycles. The van der Waals surface area contributed by atoms with Crippen LogP contribution in [-0.4, -0.2) is 42.8 Å². The highest BCUT2D eigenvalue weighted by molar-refractivity contribution is 5.74. The number of hydrogen-bond acceptors (Lipinski definition) is 3. The fourth-order valence-electron chi connectivity index (χ4n) is 3.02. The molecule has 1 saturated carbocycles. The molecule has 0 aliphatic heterocycles. The number of para-hydroxylation sites is 1. The lowest BCUT2D eigenvalue weighted by Gasteiger charge is -2.29. The molecule has 1 aliphatic rings. The lowest BCUT2D eigenvalue weighted by atomic mass is 9.86. The number of hydrogen-bond donors (Lipinski definition) is 3. The largest absolute Gasteiger partial charge is 0.481 e. The Morgan fingerprint density at radius 2 is 1.83 bits per heavy atom. The van der Waals surface area contributed by atoms with Gasteiger partial charge in [-0.15, -0.1) is 0 Å². The van der Waals surface area contributed by atoms with E-state index < -0.39 is 5.97 Å². The van der Waals surface area contributed by atoms with Crippen molar-refractivity contribution in [1.82, 2.24) is 10.6 Å². The molecule has 1 aromatic carbocycles. The number of anilines is 1. The first-order valence-electron chi connectivity index (χ1n) is 8.52. The number of carboxylic acid groups (broad SMARTS) is 1. The highest BCUT2D eigenvalue weighted by atomic mass is 16.4. The van der Waals surface area contributed by atoms with E-state index in [4.69, 9.17) is 5.11 Å². The van der Waals surface area contributed by atoms with Gasteiger partial charge in [-0.3, -0.25) is 4.79 Å². The zero-order valence-electron chi connectivity index (χ0n) is 14.4. The summed E-state index contributed by atoms with van der Waals surface area (Å²) in [5.41, 5.74) is 1.11. The van der Waals surface area contributed by atoms with Crippen LogP contribution < -0.4 is 15.5 Å². The average molecular weight is 333 g/mol. The van der Waals surface area contributed by atoms with Crippen molar-refractivity contribution in [2.45, 2.75) is 44.7 Å². The Hall–Kier alpha value is -2.24.